The molecule has 0 N–H and O–H groups in total. The van der Waals surface area contributed by atoms with Crippen LogP contribution in [0.1, 0.15) is 119 Å². The molecule has 1 fully saturated rings. The van der Waals surface area contributed by atoms with E-state index in [1.165, 1.54) is 31.7 Å². The van der Waals surface area contributed by atoms with Gasteiger partial charge in [0.05, 0.1) is 25.4 Å². The van der Waals surface area contributed by atoms with Crippen molar-refractivity contribution in [1.82, 2.24) is 0 Å². The van der Waals surface area contributed by atoms with Crippen LogP contribution in [0.2, 0.25) is 0 Å². The van der Waals surface area contributed by atoms with Crippen LogP contribution in [-0.2, 0) is 25.4 Å². The van der Waals surface area contributed by atoms with Crippen LogP contribution in [0.4, 0.5) is 0 Å². The molecule has 0 bridgehead atoms. The molecular weight excluding hydrogens is 580 g/mol. The molecule has 0 amide bonds. The summed E-state index contributed by atoms with van der Waals surface area (Å²) in [5.41, 5.74) is 4.89. The number of thiophene rings is 1. The van der Waals surface area contributed by atoms with E-state index < -0.39 is 0 Å². The summed E-state index contributed by atoms with van der Waals surface area (Å²) >= 11 is 1.88. The lowest BCUT2D eigenvalue weighted by Gasteiger charge is -2.42. The number of benzene rings is 2. The van der Waals surface area contributed by atoms with E-state index >= 15 is 0 Å². The number of hydrogen-bond donors (Lipinski definition) is 0. The van der Waals surface area contributed by atoms with Crippen LogP contribution in [0.15, 0.2) is 36.4 Å². The van der Waals surface area contributed by atoms with Crippen molar-refractivity contribution in [1.29, 1.82) is 0 Å². The fraction of sp³-hybridized carbons (Fsp3) is 0.641. The second kappa shape index (κ2) is 19.0. The summed E-state index contributed by atoms with van der Waals surface area (Å²) in [5.74, 6) is 0.954. The maximum Gasteiger partial charge on any atom is 0.128 e. The van der Waals surface area contributed by atoms with Gasteiger partial charge in [0.25, 0.3) is 0 Å². The molecule has 4 atom stereocenters. The molecule has 0 radical (unpaired) electrons. The van der Waals surface area contributed by atoms with Crippen molar-refractivity contribution in [3.05, 3.63) is 63.5 Å². The molecule has 6 heteroatoms. The Hall–Kier alpha value is -1.96. The average molecular weight is 639 g/mol. The first-order chi connectivity index (χ1) is 22.0. The van der Waals surface area contributed by atoms with Crippen molar-refractivity contribution in [2.75, 3.05) is 33.0 Å². The SMILES string of the molecule is CCCCOC[C@@H]1C[C@H](OCCCC)[C@@H](OCCCC)[C@H](c2cc(Cc3cc4ccccc4s3)c(C)c(C)c2OCCCC)O1. The second-order valence-electron chi connectivity index (χ2n) is 12.6. The van der Waals surface area contributed by atoms with Gasteiger partial charge < -0.3 is 23.7 Å². The van der Waals surface area contributed by atoms with E-state index in [0.29, 0.717) is 19.8 Å². The normalized spacial score (nSPS) is 20.2. The van der Waals surface area contributed by atoms with Gasteiger partial charge >= 0.3 is 0 Å². The summed E-state index contributed by atoms with van der Waals surface area (Å²) in [4.78, 5) is 1.37. The summed E-state index contributed by atoms with van der Waals surface area (Å²) in [6.45, 7) is 16.7. The third kappa shape index (κ3) is 10.0. The lowest BCUT2D eigenvalue weighted by atomic mass is 9.87. The summed E-state index contributed by atoms with van der Waals surface area (Å²) in [5, 5.41) is 1.31. The molecule has 5 nitrogen and oxygen atoms in total. The van der Waals surface area contributed by atoms with Gasteiger partial charge in [0.1, 0.15) is 18.0 Å². The van der Waals surface area contributed by atoms with E-state index in [9.17, 15) is 0 Å². The van der Waals surface area contributed by atoms with Crippen LogP contribution in [0.25, 0.3) is 10.1 Å². The summed E-state index contributed by atoms with van der Waals surface area (Å²) in [6, 6.07) is 13.4. The first-order valence-electron chi connectivity index (χ1n) is 17.7. The molecule has 4 rings (SSSR count). The third-order valence-corrected chi connectivity index (χ3v) is 10.1. The Morgan fingerprint density at radius 1 is 0.800 bits per heavy atom. The van der Waals surface area contributed by atoms with Crippen LogP contribution >= 0.6 is 11.3 Å². The van der Waals surface area contributed by atoms with E-state index in [2.05, 4.69) is 77.9 Å². The number of hydrogen-bond acceptors (Lipinski definition) is 6. The highest BCUT2D eigenvalue weighted by molar-refractivity contribution is 7.19. The Balaban J connectivity index is 1.75. The Morgan fingerprint density at radius 3 is 2.22 bits per heavy atom. The molecule has 45 heavy (non-hydrogen) atoms. The molecular formula is C39H58O5S. The molecule has 0 aliphatic carbocycles. The van der Waals surface area contributed by atoms with Gasteiger partial charge in [-0.15, -0.1) is 11.3 Å². The van der Waals surface area contributed by atoms with Gasteiger partial charge in [-0.25, -0.2) is 0 Å². The maximum absolute atomic E-state index is 7.02. The molecule has 2 aromatic carbocycles. The Bertz CT molecular complexity index is 1250. The topological polar surface area (TPSA) is 46.2 Å². The zero-order valence-corrected chi connectivity index (χ0v) is 29.6. The quantitative estimate of drug-likeness (QED) is 0.115. The number of unbranched alkanes of at least 4 members (excludes halogenated alkanes) is 4. The van der Waals surface area contributed by atoms with Gasteiger partial charge in [0, 0.05) is 47.8 Å². The van der Waals surface area contributed by atoms with Gasteiger partial charge in [0.2, 0.25) is 0 Å². The van der Waals surface area contributed by atoms with Crippen LogP contribution in [0, 0.1) is 13.8 Å². The Labute approximate surface area is 276 Å². The van der Waals surface area contributed by atoms with Crippen molar-refractivity contribution in [2.45, 2.75) is 130 Å². The lowest BCUT2D eigenvalue weighted by Crippen LogP contribution is -2.48. The van der Waals surface area contributed by atoms with Crippen LogP contribution in [0.5, 0.6) is 5.75 Å². The highest BCUT2D eigenvalue weighted by atomic mass is 32.1. The van der Waals surface area contributed by atoms with Crippen LogP contribution in [0.3, 0.4) is 0 Å². The molecule has 1 aliphatic heterocycles. The number of rotatable bonds is 20. The molecule has 3 aromatic rings. The van der Waals surface area contributed by atoms with Crippen molar-refractivity contribution in [2.24, 2.45) is 0 Å². The highest BCUT2D eigenvalue weighted by Crippen LogP contribution is 2.43. The van der Waals surface area contributed by atoms with Crippen LogP contribution < -0.4 is 4.74 Å². The van der Waals surface area contributed by atoms with E-state index in [1.54, 1.807) is 0 Å². The fourth-order valence-electron chi connectivity index (χ4n) is 6.05. The fourth-order valence-corrected chi connectivity index (χ4v) is 7.14. The molecule has 1 aromatic heterocycles. The first-order valence-corrected chi connectivity index (χ1v) is 18.5. The standard InChI is InChI=1S/C39H58O5S/c1-7-11-19-40-27-32-26-35(41-20-12-8-2)39(43-22-14-10-4)38(44-32)34-25-31(28(5)29(6)37(34)42-21-13-9-3)24-33-23-30-17-15-16-18-36(30)45-33/h15-18,23,25,32,35,38-39H,7-14,19-22,24,26-27H2,1-6H3/t32-,35-,38-,39+/m0/s1. The van der Waals surface area contributed by atoms with Gasteiger partial charge in [-0.2, -0.15) is 0 Å². The lowest BCUT2D eigenvalue weighted by molar-refractivity contribution is -0.213. The van der Waals surface area contributed by atoms with E-state index in [4.69, 9.17) is 23.7 Å². The zero-order chi connectivity index (χ0) is 32.0. The monoisotopic (exact) mass is 638 g/mol. The number of ether oxygens (including phenoxy) is 5. The van der Waals surface area contributed by atoms with E-state index in [1.807, 2.05) is 11.3 Å². The minimum atomic E-state index is -0.306. The molecule has 0 unspecified atom stereocenters. The molecule has 1 saturated heterocycles. The second-order valence-corrected chi connectivity index (χ2v) is 13.8. The summed E-state index contributed by atoms with van der Waals surface area (Å²) in [6.07, 6.45) is 9.51. The van der Waals surface area contributed by atoms with Gasteiger partial charge in [0.15, 0.2) is 0 Å². The largest absolute Gasteiger partial charge is 0.493 e. The maximum atomic E-state index is 7.02. The summed E-state index contributed by atoms with van der Waals surface area (Å²) in [7, 11) is 0. The average Bonchev–Trinajstić information content (AvgIpc) is 3.46. The van der Waals surface area contributed by atoms with Crippen molar-refractivity contribution < 1.29 is 23.7 Å². The van der Waals surface area contributed by atoms with Crippen molar-refractivity contribution >= 4 is 21.4 Å². The van der Waals surface area contributed by atoms with Gasteiger partial charge in [-0.05, 0) is 79.8 Å². The minimum Gasteiger partial charge on any atom is -0.493 e. The minimum absolute atomic E-state index is 0.0666. The van der Waals surface area contributed by atoms with E-state index in [0.717, 1.165) is 88.7 Å². The zero-order valence-electron chi connectivity index (χ0n) is 28.8. The predicted molar refractivity (Wildman–Crippen MR) is 188 cm³/mol. The van der Waals surface area contributed by atoms with Crippen molar-refractivity contribution in [3.63, 3.8) is 0 Å². The van der Waals surface area contributed by atoms with Crippen LogP contribution in [-0.4, -0.2) is 51.3 Å². The number of fused-ring (bicyclic) bond motifs is 1. The highest BCUT2D eigenvalue weighted by Gasteiger charge is 2.43. The summed E-state index contributed by atoms with van der Waals surface area (Å²) < 4.78 is 34.5. The first kappa shape index (κ1) is 35.9. The smallest absolute Gasteiger partial charge is 0.128 e. The van der Waals surface area contributed by atoms with E-state index in [-0.39, 0.29) is 24.4 Å². The molecule has 0 saturated carbocycles. The molecule has 1 aliphatic rings. The molecule has 0 spiro atoms. The van der Waals surface area contributed by atoms with Gasteiger partial charge in [-0.3, -0.25) is 0 Å². The molecule has 250 valence electrons. The van der Waals surface area contributed by atoms with Crippen molar-refractivity contribution in [3.8, 4) is 5.75 Å². The Morgan fingerprint density at radius 2 is 1.49 bits per heavy atom. The molecule has 2 heterocycles. The Kier molecular flexibility index (Phi) is 15.2. The predicted octanol–water partition coefficient (Wildman–Crippen LogP) is 10.3. The third-order valence-electron chi connectivity index (χ3n) is 8.95. The van der Waals surface area contributed by atoms with Gasteiger partial charge in [-0.1, -0.05) is 71.6 Å².